The summed E-state index contributed by atoms with van der Waals surface area (Å²) in [6.07, 6.45) is 24.6. The molecule has 4 atom stereocenters. The molecule has 2 heterocycles. The molecule has 2 aliphatic heterocycles. The van der Waals surface area contributed by atoms with E-state index >= 15 is 0 Å². The summed E-state index contributed by atoms with van der Waals surface area (Å²) in [5.74, 6) is -0.151. The number of carbonyl (C=O) groups excluding carboxylic acids is 2. The van der Waals surface area contributed by atoms with E-state index in [9.17, 15) is 9.59 Å². The fraction of sp³-hybridized carbons (Fsp3) is 0.806. The van der Waals surface area contributed by atoms with Crippen LogP contribution in [0.15, 0.2) is 24.3 Å². The predicted molar refractivity (Wildman–Crippen MR) is 152 cm³/mol. The number of amides is 2. The van der Waals surface area contributed by atoms with Gasteiger partial charge in [0.1, 0.15) is 0 Å². The zero-order chi connectivity index (χ0) is 27.4. The maximum atomic E-state index is 12.4. The lowest BCUT2D eigenvalue weighted by Gasteiger charge is -2.22. The Balaban J connectivity index is 1.17. The first kappa shape index (κ1) is 31.8. The number of hydrogen-bond donors (Lipinski definition) is 2. The molecule has 0 aromatic heterocycles. The van der Waals surface area contributed by atoms with Crippen LogP contribution >= 0.6 is 0 Å². The molecule has 8 heteroatoms. The van der Waals surface area contributed by atoms with Crippen LogP contribution in [0.3, 0.4) is 0 Å². The second kappa shape index (κ2) is 20.2. The SMILES string of the molecule is O=C(C=CCCCCCOC1CCCCO1)NC1CCCC1NC(=O)C=CCCCCCOC1CCCCO1. The van der Waals surface area contributed by atoms with Crippen LogP contribution in [-0.2, 0) is 28.5 Å². The molecule has 0 bridgehead atoms. The molecule has 39 heavy (non-hydrogen) atoms. The highest BCUT2D eigenvalue weighted by atomic mass is 16.7. The number of carbonyl (C=O) groups is 2. The van der Waals surface area contributed by atoms with E-state index in [0.29, 0.717) is 0 Å². The highest BCUT2D eigenvalue weighted by Gasteiger charge is 2.28. The van der Waals surface area contributed by atoms with Gasteiger partial charge in [0.25, 0.3) is 0 Å². The summed E-state index contributed by atoms with van der Waals surface area (Å²) in [5, 5.41) is 6.16. The second-order valence-electron chi connectivity index (χ2n) is 11.0. The molecule has 1 aliphatic carbocycles. The molecule has 3 rings (SSSR count). The van der Waals surface area contributed by atoms with Gasteiger partial charge < -0.3 is 29.6 Å². The Hall–Kier alpha value is -1.74. The maximum Gasteiger partial charge on any atom is 0.243 e. The molecule has 8 nitrogen and oxygen atoms in total. The minimum Gasteiger partial charge on any atom is -0.353 e. The molecule has 4 unspecified atom stereocenters. The van der Waals surface area contributed by atoms with Gasteiger partial charge in [-0.05, 0) is 108 Å². The lowest BCUT2D eigenvalue weighted by molar-refractivity contribution is -0.163. The average molecular weight is 549 g/mol. The normalized spacial score (nSPS) is 25.8. The molecular weight excluding hydrogens is 496 g/mol. The van der Waals surface area contributed by atoms with Crippen molar-refractivity contribution in [2.75, 3.05) is 26.4 Å². The lowest BCUT2D eigenvalue weighted by atomic mass is 10.1. The largest absolute Gasteiger partial charge is 0.353 e. The van der Waals surface area contributed by atoms with Crippen LogP contribution in [0.4, 0.5) is 0 Å². The molecule has 2 amide bonds. The van der Waals surface area contributed by atoms with Gasteiger partial charge in [0.05, 0.1) is 0 Å². The molecule has 0 spiro atoms. The number of unbranched alkanes of at least 4 members (excludes halogenated alkanes) is 6. The Morgan fingerprint density at radius 2 is 1.10 bits per heavy atom. The standard InChI is InChI=1S/C31H52N2O6/c34-28(18-7-3-1-5-11-22-36-30-20-9-13-24-38-30)32-26-16-15-17-27(26)33-29(35)19-8-4-2-6-12-23-37-31-21-10-14-25-39-31/h7-8,18-19,26-27,30-31H,1-6,9-17,20-25H2,(H,32,34)(H,33,35). The maximum absolute atomic E-state index is 12.4. The van der Waals surface area contributed by atoms with Crippen molar-refractivity contribution in [3.8, 4) is 0 Å². The van der Waals surface area contributed by atoms with Crippen LogP contribution < -0.4 is 10.6 Å². The molecule has 1 saturated carbocycles. The Morgan fingerprint density at radius 3 is 1.54 bits per heavy atom. The van der Waals surface area contributed by atoms with Gasteiger partial charge in [-0.3, -0.25) is 9.59 Å². The fourth-order valence-electron chi connectivity index (χ4n) is 5.34. The third-order valence-corrected chi connectivity index (χ3v) is 7.62. The van der Waals surface area contributed by atoms with Gasteiger partial charge in [-0.25, -0.2) is 0 Å². The van der Waals surface area contributed by atoms with Crippen molar-refractivity contribution in [2.24, 2.45) is 0 Å². The van der Waals surface area contributed by atoms with E-state index < -0.39 is 0 Å². The fourth-order valence-corrected chi connectivity index (χ4v) is 5.34. The van der Waals surface area contributed by atoms with Crippen molar-refractivity contribution in [3.63, 3.8) is 0 Å². The summed E-state index contributed by atoms with van der Waals surface area (Å²) in [6, 6.07) is -0.0152. The van der Waals surface area contributed by atoms with E-state index in [-0.39, 0.29) is 36.5 Å². The van der Waals surface area contributed by atoms with E-state index in [4.69, 9.17) is 18.9 Å². The van der Waals surface area contributed by atoms with Crippen LogP contribution in [0.1, 0.15) is 109 Å². The number of hydrogen-bond acceptors (Lipinski definition) is 6. The van der Waals surface area contributed by atoms with Gasteiger partial charge in [0, 0.05) is 38.5 Å². The summed E-state index contributed by atoms with van der Waals surface area (Å²) < 4.78 is 22.7. The van der Waals surface area contributed by atoms with Gasteiger partial charge >= 0.3 is 0 Å². The van der Waals surface area contributed by atoms with E-state index in [1.807, 2.05) is 12.2 Å². The van der Waals surface area contributed by atoms with Crippen molar-refractivity contribution < 1.29 is 28.5 Å². The third kappa shape index (κ3) is 14.5. The first-order chi connectivity index (χ1) is 19.2. The van der Waals surface area contributed by atoms with Crippen molar-refractivity contribution in [1.29, 1.82) is 0 Å². The van der Waals surface area contributed by atoms with E-state index in [1.54, 1.807) is 12.2 Å². The van der Waals surface area contributed by atoms with E-state index in [2.05, 4.69) is 10.6 Å². The lowest BCUT2D eigenvalue weighted by Crippen LogP contribution is -2.47. The van der Waals surface area contributed by atoms with Crippen LogP contribution in [-0.4, -0.2) is 62.9 Å². The quantitative estimate of drug-likeness (QED) is 0.174. The van der Waals surface area contributed by atoms with E-state index in [0.717, 1.165) is 123 Å². The minimum absolute atomic E-state index is 0.00759. The first-order valence-corrected chi connectivity index (χ1v) is 15.6. The Bertz CT molecular complexity index is 671. The summed E-state index contributed by atoms with van der Waals surface area (Å²) in [7, 11) is 0. The van der Waals surface area contributed by atoms with Crippen LogP contribution in [0, 0.1) is 0 Å². The zero-order valence-electron chi connectivity index (χ0n) is 23.9. The molecule has 0 aromatic carbocycles. The third-order valence-electron chi connectivity index (χ3n) is 7.62. The summed E-state index contributed by atoms with van der Waals surface area (Å²) in [5.41, 5.74) is 0. The monoisotopic (exact) mass is 548 g/mol. The van der Waals surface area contributed by atoms with Crippen LogP contribution in [0.25, 0.3) is 0 Å². The number of nitrogens with one attached hydrogen (secondary N) is 2. The van der Waals surface area contributed by atoms with Crippen LogP contribution in [0.5, 0.6) is 0 Å². The van der Waals surface area contributed by atoms with Gasteiger partial charge in [0.15, 0.2) is 12.6 Å². The second-order valence-corrected chi connectivity index (χ2v) is 11.0. The highest BCUT2D eigenvalue weighted by molar-refractivity contribution is 5.89. The molecule has 2 saturated heterocycles. The molecule has 3 fully saturated rings. The highest BCUT2D eigenvalue weighted by Crippen LogP contribution is 2.19. The molecule has 0 aromatic rings. The topological polar surface area (TPSA) is 95.1 Å². The Labute approximate surface area is 235 Å². The van der Waals surface area contributed by atoms with Gasteiger partial charge in [-0.1, -0.05) is 25.0 Å². The number of rotatable bonds is 18. The molecule has 222 valence electrons. The van der Waals surface area contributed by atoms with E-state index in [1.165, 1.54) is 12.8 Å². The van der Waals surface area contributed by atoms with Crippen LogP contribution in [0.2, 0.25) is 0 Å². The smallest absolute Gasteiger partial charge is 0.243 e. The Morgan fingerprint density at radius 1 is 0.615 bits per heavy atom. The van der Waals surface area contributed by atoms with Crippen molar-refractivity contribution >= 4 is 11.8 Å². The minimum atomic E-state index is -0.0755. The van der Waals surface area contributed by atoms with Crippen molar-refractivity contribution in [1.82, 2.24) is 10.6 Å². The number of ether oxygens (including phenoxy) is 4. The molecular formula is C31H52N2O6. The van der Waals surface area contributed by atoms with Crippen molar-refractivity contribution in [2.45, 2.75) is 134 Å². The molecule has 3 aliphatic rings. The van der Waals surface area contributed by atoms with Gasteiger partial charge in [-0.15, -0.1) is 0 Å². The number of allylic oxidation sites excluding steroid dienone is 2. The first-order valence-electron chi connectivity index (χ1n) is 15.6. The Kier molecular flexibility index (Phi) is 16.4. The van der Waals surface area contributed by atoms with Crippen molar-refractivity contribution in [3.05, 3.63) is 24.3 Å². The molecule has 0 radical (unpaired) electrons. The molecule has 2 N–H and O–H groups in total. The zero-order valence-corrected chi connectivity index (χ0v) is 23.9. The summed E-state index contributed by atoms with van der Waals surface area (Å²) in [4.78, 5) is 24.8. The summed E-state index contributed by atoms with van der Waals surface area (Å²) in [6.45, 7) is 3.11. The van der Waals surface area contributed by atoms with Gasteiger partial charge in [-0.2, -0.15) is 0 Å². The average Bonchev–Trinajstić information content (AvgIpc) is 3.38. The van der Waals surface area contributed by atoms with Gasteiger partial charge in [0.2, 0.25) is 11.8 Å². The summed E-state index contributed by atoms with van der Waals surface area (Å²) >= 11 is 0. The predicted octanol–water partition coefficient (Wildman–Crippen LogP) is 5.46.